The minimum Gasteiger partial charge on any atom is -0.295 e. The second kappa shape index (κ2) is 5.25. The summed E-state index contributed by atoms with van der Waals surface area (Å²) in [7, 11) is 0. The van der Waals surface area contributed by atoms with Gasteiger partial charge in [-0.25, -0.2) is 0 Å². The van der Waals surface area contributed by atoms with Crippen molar-refractivity contribution in [2.75, 3.05) is 0 Å². The molecule has 0 aliphatic heterocycles. The summed E-state index contributed by atoms with van der Waals surface area (Å²) >= 11 is 0. The van der Waals surface area contributed by atoms with Crippen LogP contribution in [0.5, 0.6) is 0 Å². The fourth-order valence-electron chi connectivity index (χ4n) is 6.05. The number of carbonyl (C=O) groups is 1. The molecule has 0 saturated heterocycles. The third-order valence-electron chi connectivity index (χ3n) is 7.44. The standard InChI is InChI=1S/C20H32O/c1-5-6-7-8-9-15-10-11-16-12-17-14(2)18(21)13-20(15,17)19(16,3)4/h15-16H,5-13H2,1-4H3. The van der Waals surface area contributed by atoms with Crippen molar-refractivity contribution < 1.29 is 4.79 Å². The molecule has 3 unspecified atom stereocenters. The number of hydrogen-bond acceptors (Lipinski definition) is 1. The van der Waals surface area contributed by atoms with Crippen LogP contribution in [0.1, 0.15) is 85.5 Å². The summed E-state index contributed by atoms with van der Waals surface area (Å²) in [4.78, 5) is 12.4. The lowest BCUT2D eigenvalue weighted by atomic mass is 9.51. The molecule has 1 spiro atoms. The maximum absolute atomic E-state index is 12.4. The topological polar surface area (TPSA) is 17.1 Å². The molecule has 0 N–H and O–H groups in total. The molecule has 3 rings (SSSR count). The normalized spacial score (nSPS) is 37.2. The summed E-state index contributed by atoms with van der Waals surface area (Å²) in [5.41, 5.74) is 3.30. The number of rotatable bonds is 5. The SMILES string of the molecule is CCCCCCC1CCC2CC3=C(C)C(=O)CC31C2(C)C. The van der Waals surface area contributed by atoms with Gasteiger partial charge in [0.1, 0.15) is 0 Å². The maximum Gasteiger partial charge on any atom is 0.159 e. The Kier molecular flexibility index (Phi) is 3.83. The number of ketones is 1. The Morgan fingerprint density at radius 1 is 1.14 bits per heavy atom. The van der Waals surface area contributed by atoms with Gasteiger partial charge in [0.2, 0.25) is 0 Å². The van der Waals surface area contributed by atoms with Gasteiger partial charge in [-0.3, -0.25) is 4.79 Å². The van der Waals surface area contributed by atoms with Crippen molar-refractivity contribution in [3.8, 4) is 0 Å². The zero-order chi connectivity index (χ0) is 15.3. The predicted molar refractivity (Wildman–Crippen MR) is 88.1 cm³/mol. The van der Waals surface area contributed by atoms with Crippen molar-refractivity contribution in [2.45, 2.75) is 85.5 Å². The lowest BCUT2D eigenvalue weighted by Crippen LogP contribution is -2.46. The van der Waals surface area contributed by atoms with E-state index >= 15 is 0 Å². The molecule has 2 saturated carbocycles. The van der Waals surface area contributed by atoms with E-state index in [0.29, 0.717) is 11.2 Å². The van der Waals surface area contributed by atoms with Gasteiger partial charge in [-0.05, 0) is 55.4 Å². The van der Waals surface area contributed by atoms with Crippen LogP contribution in [0.15, 0.2) is 11.1 Å². The summed E-state index contributed by atoms with van der Waals surface area (Å²) in [5.74, 6) is 2.04. The molecule has 1 heteroatoms. The van der Waals surface area contributed by atoms with Crippen molar-refractivity contribution in [3.63, 3.8) is 0 Å². The maximum atomic E-state index is 12.4. The first-order chi connectivity index (χ1) is 9.95. The summed E-state index contributed by atoms with van der Waals surface area (Å²) in [6, 6.07) is 0. The largest absolute Gasteiger partial charge is 0.295 e. The molecule has 1 nitrogen and oxygen atoms in total. The third-order valence-corrected chi connectivity index (χ3v) is 7.44. The minimum atomic E-state index is 0.239. The van der Waals surface area contributed by atoms with Crippen molar-refractivity contribution in [1.82, 2.24) is 0 Å². The highest BCUT2D eigenvalue weighted by Crippen LogP contribution is 2.72. The number of unbranched alkanes of at least 4 members (excludes halogenated alkanes) is 3. The van der Waals surface area contributed by atoms with Gasteiger partial charge in [0.15, 0.2) is 5.78 Å². The highest BCUT2D eigenvalue weighted by molar-refractivity contribution is 6.00. The van der Waals surface area contributed by atoms with Gasteiger partial charge in [0.05, 0.1) is 0 Å². The van der Waals surface area contributed by atoms with Crippen LogP contribution in [0.2, 0.25) is 0 Å². The number of fused-ring (bicyclic) bond motifs is 1. The second-order valence-electron chi connectivity index (χ2n) is 8.42. The Morgan fingerprint density at radius 3 is 2.62 bits per heavy atom. The molecular weight excluding hydrogens is 256 g/mol. The summed E-state index contributed by atoms with van der Waals surface area (Å²) in [6.07, 6.45) is 11.6. The van der Waals surface area contributed by atoms with Crippen molar-refractivity contribution in [3.05, 3.63) is 11.1 Å². The van der Waals surface area contributed by atoms with Crippen LogP contribution in [0, 0.1) is 22.7 Å². The van der Waals surface area contributed by atoms with Gasteiger partial charge in [-0.1, -0.05) is 52.0 Å². The van der Waals surface area contributed by atoms with Gasteiger partial charge in [-0.2, -0.15) is 0 Å². The molecule has 3 aliphatic rings. The van der Waals surface area contributed by atoms with E-state index in [9.17, 15) is 4.79 Å². The first-order valence-electron chi connectivity index (χ1n) is 9.18. The number of allylic oxidation sites excluding steroid dienone is 2. The monoisotopic (exact) mass is 288 g/mol. The number of carbonyl (C=O) groups excluding carboxylic acids is 1. The Hall–Kier alpha value is -0.590. The molecule has 3 aliphatic carbocycles. The summed E-state index contributed by atoms with van der Waals surface area (Å²) in [5, 5.41) is 0. The third kappa shape index (κ3) is 1.99. The van der Waals surface area contributed by atoms with Crippen LogP contribution < -0.4 is 0 Å². The van der Waals surface area contributed by atoms with Gasteiger partial charge in [0.25, 0.3) is 0 Å². The van der Waals surface area contributed by atoms with E-state index in [1.165, 1.54) is 51.4 Å². The van der Waals surface area contributed by atoms with E-state index in [0.717, 1.165) is 23.8 Å². The molecule has 0 heterocycles. The summed E-state index contributed by atoms with van der Waals surface area (Å²) in [6.45, 7) is 9.32. The molecular formula is C20H32O. The molecule has 0 aromatic rings. The molecule has 2 bridgehead atoms. The smallest absolute Gasteiger partial charge is 0.159 e. The van der Waals surface area contributed by atoms with Crippen molar-refractivity contribution >= 4 is 5.78 Å². The zero-order valence-electron chi connectivity index (χ0n) is 14.4. The fourth-order valence-corrected chi connectivity index (χ4v) is 6.05. The predicted octanol–water partition coefficient (Wildman–Crippen LogP) is 5.69. The average Bonchev–Trinajstić information content (AvgIpc) is 2.73. The van der Waals surface area contributed by atoms with E-state index in [1.807, 2.05) is 0 Å². The molecule has 0 amide bonds. The molecule has 2 fully saturated rings. The fraction of sp³-hybridized carbons (Fsp3) is 0.850. The molecule has 0 aromatic heterocycles. The van der Waals surface area contributed by atoms with Gasteiger partial charge >= 0.3 is 0 Å². The van der Waals surface area contributed by atoms with Crippen LogP contribution in [0.25, 0.3) is 0 Å². The van der Waals surface area contributed by atoms with Crippen LogP contribution in [0.3, 0.4) is 0 Å². The molecule has 0 radical (unpaired) electrons. The summed E-state index contributed by atoms with van der Waals surface area (Å²) < 4.78 is 0. The molecule has 118 valence electrons. The van der Waals surface area contributed by atoms with Crippen LogP contribution in [-0.4, -0.2) is 5.78 Å². The quantitative estimate of drug-likeness (QED) is 0.594. The number of Topliss-reactive ketones (excluding diaryl/α,β-unsaturated/α-hetero) is 1. The molecule has 0 aromatic carbocycles. The molecule has 3 atom stereocenters. The Labute approximate surface area is 130 Å². The Morgan fingerprint density at radius 2 is 1.90 bits per heavy atom. The van der Waals surface area contributed by atoms with E-state index in [4.69, 9.17) is 0 Å². The first-order valence-corrected chi connectivity index (χ1v) is 9.18. The first kappa shape index (κ1) is 15.3. The average molecular weight is 288 g/mol. The Balaban J connectivity index is 1.88. The highest BCUT2D eigenvalue weighted by atomic mass is 16.1. The van der Waals surface area contributed by atoms with Crippen molar-refractivity contribution in [1.29, 1.82) is 0 Å². The highest BCUT2D eigenvalue weighted by Gasteiger charge is 2.65. The second-order valence-corrected chi connectivity index (χ2v) is 8.42. The van der Waals surface area contributed by atoms with E-state index in [-0.39, 0.29) is 5.41 Å². The van der Waals surface area contributed by atoms with Crippen LogP contribution in [-0.2, 0) is 4.79 Å². The van der Waals surface area contributed by atoms with Crippen LogP contribution >= 0.6 is 0 Å². The van der Waals surface area contributed by atoms with Crippen LogP contribution in [0.4, 0.5) is 0 Å². The molecule has 21 heavy (non-hydrogen) atoms. The zero-order valence-corrected chi connectivity index (χ0v) is 14.4. The van der Waals surface area contributed by atoms with Crippen molar-refractivity contribution in [2.24, 2.45) is 22.7 Å². The minimum absolute atomic E-state index is 0.239. The van der Waals surface area contributed by atoms with E-state index in [1.54, 1.807) is 5.57 Å². The lowest BCUT2D eigenvalue weighted by molar-refractivity contribution is -0.120. The lowest BCUT2D eigenvalue weighted by Gasteiger charge is -2.52. The van der Waals surface area contributed by atoms with Gasteiger partial charge in [0, 0.05) is 11.8 Å². The van der Waals surface area contributed by atoms with Gasteiger partial charge in [-0.15, -0.1) is 0 Å². The van der Waals surface area contributed by atoms with E-state index in [2.05, 4.69) is 27.7 Å². The number of hydrogen-bond donors (Lipinski definition) is 0. The van der Waals surface area contributed by atoms with Gasteiger partial charge < -0.3 is 0 Å². The Bertz CT molecular complexity index is 470. The van der Waals surface area contributed by atoms with E-state index < -0.39 is 0 Å².